The summed E-state index contributed by atoms with van der Waals surface area (Å²) in [6.45, 7) is 3.76. The quantitative estimate of drug-likeness (QED) is 0.864. The minimum absolute atomic E-state index is 0.0321. The summed E-state index contributed by atoms with van der Waals surface area (Å²) in [7, 11) is 1.80. The van der Waals surface area contributed by atoms with Crippen molar-refractivity contribution in [2.75, 3.05) is 39.8 Å². The number of morpholine rings is 1. The molecule has 0 amide bonds. The molecule has 116 valence electrons. The number of benzene rings is 1. The highest BCUT2D eigenvalue weighted by Gasteiger charge is 2.22. The Morgan fingerprint density at radius 2 is 2.29 bits per heavy atom. The molecule has 1 heterocycles. The molecule has 2 rings (SSSR count). The van der Waals surface area contributed by atoms with Crippen LogP contribution in [-0.2, 0) is 16.1 Å². The number of likely N-dealkylation sites (N-methyl/N-ethyl adjacent to an activating group) is 1. The maximum absolute atomic E-state index is 10.7. The number of carboxylic acid groups (broad SMARTS) is 1. The van der Waals surface area contributed by atoms with Crippen molar-refractivity contribution in [1.82, 2.24) is 9.80 Å². The Bertz CT molecular complexity index is 484. The molecule has 0 saturated carbocycles. The van der Waals surface area contributed by atoms with Crippen molar-refractivity contribution < 1.29 is 14.6 Å². The molecular formula is C15H21ClN2O3. The lowest BCUT2D eigenvalue weighted by molar-refractivity contribution is -0.138. The summed E-state index contributed by atoms with van der Waals surface area (Å²) in [5.74, 6) is -0.818. The fraction of sp³-hybridized carbons (Fsp3) is 0.533. The zero-order valence-corrected chi connectivity index (χ0v) is 12.9. The first kappa shape index (κ1) is 16.2. The number of halogens is 1. The number of hydrogen-bond donors (Lipinski definition) is 1. The maximum atomic E-state index is 10.7. The van der Waals surface area contributed by atoms with E-state index in [0.717, 1.165) is 30.2 Å². The van der Waals surface area contributed by atoms with Gasteiger partial charge in [-0.2, -0.15) is 0 Å². The number of carboxylic acids is 1. The van der Waals surface area contributed by atoms with E-state index >= 15 is 0 Å². The van der Waals surface area contributed by atoms with Gasteiger partial charge in [0.2, 0.25) is 0 Å². The van der Waals surface area contributed by atoms with E-state index in [9.17, 15) is 4.79 Å². The van der Waals surface area contributed by atoms with Crippen LogP contribution in [0.25, 0.3) is 0 Å². The smallest absolute Gasteiger partial charge is 0.317 e. The van der Waals surface area contributed by atoms with E-state index in [-0.39, 0.29) is 12.6 Å². The third kappa shape index (κ3) is 5.28. The third-order valence-electron chi connectivity index (χ3n) is 3.50. The van der Waals surface area contributed by atoms with Gasteiger partial charge in [0, 0.05) is 31.2 Å². The van der Waals surface area contributed by atoms with Gasteiger partial charge in [-0.3, -0.25) is 14.6 Å². The molecule has 21 heavy (non-hydrogen) atoms. The summed E-state index contributed by atoms with van der Waals surface area (Å²) in [4.78, 5) is 14.8. The molecule has 1 fully saturated rings. The molecule has 1 aliphatic heterocycles. The largest absolute Gasteiger partial charge is 0.480 e. The third-order valence-corrected chi connectivity index (χ3v) is 3.86. The van der Waals surface area contributed by atoms with Crippen LogP contribution >= 0.6 is 11.6 Å². The molecule has 1 atom stereocenters. The van der Waals surface area contributed by atoms with Crippen LogP contribution in [0.1, 0.15) is 5.56 Å². The van der Waals surface area contributed by atoms with Crippen LogP contribution in [0.5, 0.6) is 0 Å². The van der Waals surface area contributed by atoms with E-state index in [2.05, 4.69) is 4.90 Å². The van der Waals surface area contributed by atoms with Gasteiger partial charge in [-0.1, -0.05) is 29.8 Å². The van der Waals surface area contributed by atoms with Crippen molar-refractivity contribution in [3.05, 3.63) is 34.9 Å². The molecular weight excluding hydrogens is 292 g/mol. The van der Waals surface area contributed by atoms with Gasteiger partial charge in [0.1, 0.15) is 0 Å². The van der Waals surface area contributed by atoms with Crippen molar-refractivity contribution in [2.45, 2.75) is 12.6 Å². The molecule has 1 aromatic carbocycles. The van der Waals surface area contributed by atoms with E-state index < -0.39 is 5.97 Å². The van der Waals surface area contributed by atoms with E-state index in [4.69, 9.17) is 21.4 Å². The number of nitrogens with zero attached hydrogens (tertiary/aromatic N) is 2. The fourth-order valence-electron chi connectivity index (χ4n) is 2.55. The SMILES string of the molecule is CN(CC(=O)O)CC1CN(Cc2ccccc2Cl)CCO1. The van der Waals surface area contributed by atoms with Gasteiger partial charge in [-0.15, -0.1) is 0 Å². The number of hydrogen-bond acceptors (Lipinski definition) is 4. The molecule has 0 radical (unpaired) electrons. The van der Waals surface area contributed by atoms with Gasteiger partial charge in [0.05, 0.1) is 19.3 Å². The summed E-state index contributed by atoms with van der Waals surface area (Å²) < 4.78 is 5.72. The van der Waals surface area contributed by atoms with E-state index in [1.165, 1.54) is 0 Å². The summed E-state index contributed by atoms with van der Waals surface area (Å²) >= 11 is 6.19. The second-order valence-corrected chi connectivity index (χ2v) is 5.82. The summed E-state index contributed by atoms with van der Waals surface area (Å²) in [6.07, 6.45) is 0.0330. The van der Waals surface area contributed by atoms with Crippen molar-refractivity contribution >= 4 is 17.6 Å². The second kappa shape index (κ2) is 7.75. The molecule has 0 aromatic heterocycles. The van der Waals surface area contributed by atoms with Gasteiger partial charge in [0.25, 0.3) is 0 Å². The lowest BCUT2D eigenvalue weighted by Crippen LogP contribution is -2.47. The highest BCUT2D eigenvalue weighted by Crippen LogP contribution is 2.18. The summed E-state index contributed by atoms with van der Waals surface area (Å²) in [5.41, 5.74) is 1.11. The van der Waals surface area contributed by atoms with E-state index in [1.54, 1.807) is 11.9 Å². The zero-order valence-electron chi connectivity index (χ0n) is 12.2. The number of rotatable bonds is 6. The summed E-state index contributed by atoms with van der Waals surface area (Å²) in [5, 5.41) is 9.56. The first-order valence-corrected chi connectivity index (χ1v) is 7.40. The van der Waals surface area contributed by atoms with Gasteiger partial charge < -0.3 is 9.84 Å². The molecule has 1 unspecified atom stereocenters. The molecule has 1 N–H and O–H groups in total. The predicted octanol–water partition coefficient (Wildman–Crippen LogP) is 1.56. The molecule has 6 heteroatoms. The lowest BCUT2D eigenvalue weighted by atomic mass is 10.2. The van der Waals surface area contributed by atoms with E-state index in [1.807, 2.05) is 24.3 Å². The van der Waals surface area contributed by atoms with Crippen molar-refractivity contribution in [3.8, 4) is 0 Å². The van der Waals surface area contributed by atoms with Crippen LogP contribution in [-0.4, -0.2) is 66.8 Å². The van der Waals surface area contributed by atoms with Crippen LogP contribution in [0, 0.1) is 0 Å². The highest BCUT2D eigenvalue weighted by molar-refractivity contribution is 6.31. The molecule has 1 aromatic rings. The van der Waals surface area contributed by atoms with Crippen LogP contribution in [0.15, 0.2) is 24.3 Å². The zero-order chi connectivity index (χ0) is 15.2. The van der Waals surface area contributed by atoms with Crippen molar-refractivity contribution in [3.63, 3.8) is 0 Å². The minimum Gasteiger partial charge on any atom is -0.480 e. The monoisotopic (exact) mass is 312 g/mol. The Labute approximate surface area is 130 Å². The van der Waals surface area contributed by atoms with Gasteiger partial charge >= 0.3 is 5.97 Å². The maximum Gasteiger partial charge on any atom is 0.317 e. The topological polar surface area (TPSA) is 53.0 Å². The Morgan fingerprint density at radius 3 is 3.00 bits per heavy atom. The van der Waals surface area contributed by atoms with Gasteiger partial charge in [-0.25, -0.2) is 0 Å². The average Bonchev–Trinajstić information content (AvgIpc) is 2.41. The molecule has 1 aliphatic rings. The Hall–Kier alpha value is -1.14. The van der Waals surface area contributed by atoms with E-state index in [0.29, 0.717) is 13.2 Å². The Kier molecular flexibility index (Phi) is 5.99. The average molecular weight is 313 g/mol. The Balaban J connectivity index is 1.86. The minimum atomic E-state index is -0.818. The molecule has 0 aliphatic carbocycles. The standard InChI is InChI=1S/C15H21ClN2O3/c1-17(11-15(19)20)9-13-10-18(6-7-21-13)8-12-4-2-3-5-14(12)16/h2-5,13H,6-11H2,1H3,(H,19,20). The lowest BCUT2D eigenvalue weighted by Gasteiger charge is -2.34. The summed E-state index contributed by atoms with van der Waals surface area (Å²) in [6, 6.07) is 7.84. The molecule has 1 saturated heterocycles. The highest BCUT2D eigenvalue weighted by atomic mass is 35.5. The molecule has 0 spiro atoms. The van der Waals surface area contributed by atoms with Crippen LogP contribution in [0.2, 0.25) is 5.02 Å². The molecule has 5 nitrogen and oxygen atoms in total. The van der Waals surface area contributed by atoms with Gasteiger partial charge in [-0.05, 0) is 18.7 Å². The number of carbonyl (C=O) groups is 1. The first-order valence-electron chi connectivity index (χ1n) is 7.02. The fourth-order valence-corrected chi connectivity index (χ4v) is 2.74. The Morgan fingerprint density at radius 1 is 1.52 bits per heavy atom. The second-order valence-electron chi connectivity index (χ2n) is 5.41. The number of aliphatic carboxylic acids is 1. The van der Waals surface area contributed by atoms with Crippen LogP contribution in [0.4, 0.5) is 0 Å². The van der Waals surface area contributed by atoms with Crippen molar-refractivity contribution in [2.24, 2.45) is 0 Å². The predicted molar refractivity (Wildman–Crippen MR) is 81.6 cm³/mol. The van der Waals surface area contributed by atoms with Crippen LogP contribution in [0.3, 0.4) is 0 Å². The molecule has 0 bridgehead atoms. The number of ether oxygens (including phenoxy) is 1. The van der Waals surface area contributed by atoms with Gasteiger partial charge in [0.15, 0.2) is 0 Å². The normalized spacial score (nSPS) is 19.9. The first-order chi connectivity index (χ1) is 10.0. The van der Waals surface area contributed by atoms with Crippen LogP contribution < -0.4 is 0 Å². The van der Waals surface area contributed by atoms with Crippen molar-refractivity contribution in [1.29, 1.82) is 0 Å².